The summed E-state index contributed by atoms with van der Waals surface area (Å²) in [6.07, 6.45) is 0.737. The predicted octanol–water partition coefficient (Wildman–Crippen LogP) is 3.42. The van der Waals surface area contributed by atoms with Crippen LogP contribution in [0, 0.1) is 19.7 Å². The predicted molar refractivity (Wildman–Crippen MR) is 78.4 cm³/mol. The molecule has 0 atom stereocenters. The fraction of sp³-hybridized carbons (Fsp3) is 0.235. The molecule has 2 aromatic carbocycles. The minimum absolute atomic E-state index is 0.106. The summed E-state index contributed by atoms with van der Waals surface area (Å²) in [5, 5.41) is 2.76. The summed E-state index contributed by atoms with van der Waals surface area (Å²) in [5.74, 6) is -0.845. The van der Waals surface area contributed by atoms with Crippen LogP contribution in [0.25, 0.3) is 0 Å². The topological polar surface area (TPSA) is 29.1 Å². The number of amides is 1. The molecule has 104 valence electrons. The third-order valence-corrected chi connectivity index (χ3v) is 3.15. The molecule has 2 aromatic rings. The van der Waals surface area contributed by atoms with Crippen molar-refractivity contribution in [3.05, 3.63) is 70.5 Å². The number of carbonyl (C=O) groups excluding carboxylic acids is 1. The first-order valence-corrected chi connectivity index (χ1v) is 6.66. The van der Waals surface area contributed by atoms with Gasteiger partial charge in [-0.2, -0.15) is 0 Å². The minimum atomic E-state index is -0.483. The lowest BCUT2D eigenvalue weighted by atomic mass is 10.1. The molecule has 0 saturated carbocycles. The molecule has 0 aliphatic rings. The summed E-state index contributed by atoms with van der Waals surface area (Å²) in [6, 6.07) is 12.7. The van der Waals surface area contributed by atoms with Gasteiger partial charge in [0.1, 0.15) is 5.82 Å². The zero-order valence-electron chi connectivity index (χ0n) is 11.7. The van der Waals surface area contributed by atoms with Gasteiger partial charge in [0.2, 0.25) is 0 Å². The molecule has 3 heteroatoms. The molecular weight excluding hydrogens is 253 g/mol. The van der Waals surface area contributed by atoms with Gasteiger partial charge in [0.25, 0.3) is 5.91 Å². The molecule has 1 N–H and O–H groups in total. The van der Waals surface area contributed by atoms with Crippen LogP contribution in [-0.4, -0.2) is 12.5 Å². The van der Waals surface area contributed by atoms with Gasteiger partial charge >= 0.3 is 0 Å². The van der Waals surface area contributed by atoms with E-state index < -0.39 is 5.82 Å². The summed E-state index contributed by atoms with van der Waals surface area (Å²) >= 11 is 0. The van der Waals surface area contributed by atoms with Gasteiger partial charge in [0, 0.05) is 6.54 Å². The van der Waals surface area contributed by atoms with Gasteiger partial charge in [0.05, 0.1) is 5.56 Å². The minimum Gasteiger partial charge on any atom is -0.352 e. The van der Waals surface area contributed by atoms with Crippen molar-refractivity contribution in [1.82, 2.24) is 5.32 Å². The Kier molecular flexibility index (Phi) is 4.51. The molecule has 20 heavy (non-hydrogen) atoms. The fourth-order valence-electron chi connectivity index (χ4n) is 2.10. The van der Waals surface area contributed by atoms with Crippen molar-refractivity contribution in [2.24, 2.45) is 0 Å². The van der Waals surface area contributed by atoms with E-state index in [1.54, 1.807) is 12.1 Å². The van der Waals surface area contributed by atoms with Crippen LogP contribution in [0.3, 0.4) is 0 Å². The Bertz CT molecular complexity index is 622. The van der Waals surface area contributed by atoms with E-state index in [4.69, 9.17) is 0 Å². The lowest BCUT2D eigenvalue weighted by molar-refractivity contribution is 0.0950. The first kappa shape index (κ1) is 14.3. The highest BCUT2D eigenvalue weighted by Gasteiger charge is 2.10. The summed E-state index contributed by atoms with van der Waals surface area (Å²) in [5.41, 5.74) is 3.33. The number of rotatable bonds is 4. The van der Waals surface area contributed by atoms with E-state index in [1.807, 2.05) is 32.0 Å². The molecule has 0 saturated heterocycles. The van der Waals surface area contributed by atoms with Crippen LogP contribution in [-0.2, 0) is 6.42 Å². The van der Waals surface area contributed by atoms with E-state index in [0.717, 1.165) is 17.5 Å². The van der Waals surface area contributed by atoms with Crippen molar-refractivity contribution in [1.29, 1.82) is 0 Å². The van der Waals surface area contributed by atoms with Gasteiger partial charge < -0.3 is 5.32 Å². The number of halogens is 1. The first-order chi connectivity index (χ1) is 9.56. The van der Waals surface area contributed by atoms with E-state index in [1.165, 1.54) is 11.6 Å². The van der Waals surface area contributed by atoms with Crippen LogP contribution < -0.4 is 5.32 Å². The molecule has 0 heterocycles. The molecule has 0 bridgehead atoms. The van der Waals surface area contributed by atoms with Crippen LogP contribution in [0.15, 0.2) is 42.5 Å². The highest BCUT2D eigenvalue weighted by Crippen LogP contribution is 2.10. The maximum absolute atomic E-state index is 13.6. The molecule has 0 aliphatic carbocycles. The molecule has 0 fully saturated rings. The van der Waals surface area contributed by atoms with Crippen LogP contribution >= 0.6 is 0 Å². The Morgan fingerprint density at radius 1 is 1.10 bits per heavy atom. The van der Waals surface area contributed by atoms with Gasteiger partial charge in [-0.15, -0.1) is 0 Å². The Hall–Kier alpha value is -2.16. The average Bonchev–Trinajstić information content (AvgIpc) is 2.41. The maximum atomic E-state index is 13.6. The first-order valence-electron chi connectivity index (χ1n) is 6.66. The Balaban J connectivity index is 1.94. The highest BCUT2D eigenvalue weighted by molar-refractivity contribution is 5.94. The highest BCUT2D eigenvalue weighted by atomic mass is 19.1. The molecule has 0 radical (unpaired) electrons. The zero-order valence-corrected chi connectivity index (χ0v) is 11.7. The molecule has 0 unspecified atom stereocenters. The van der Waals surface area contributed by atoms with Gasteiger partial charge in [-0.05, 0) is 38.0 Å². The SMILES string of the molecule is Cc1cccc(CCNC(=O)c2cc(C)ccc2F)c1. The number of benzene rings is 2. The van der Waals surface area contributed by atoms with Crippen molar-refractivity contribution in [2.75, 3.05) is 6.54 Å². The fourth-order valence-corrected chi connectivity index (χ4v) is 2.10. The van der Waals surface area contributed by atoms with E-state index in [9.17, 15) is 9.18 Å². The number of carbonyl (C=O) groups is 1. The van der Waals surface area contributed by atoms with Crippen molar-refractivity contribution in [3.8, 4) is 0 Å². The van der Waals surface area contributed by atoms with E-state index in [2.05, 4.69) is 11.4 Å². The van der Waals surface area contributed by atoms with Crippen LogP contribution in [0.5, 0.6) is 0 Å². The lowest BCUT2D eigenvalue weighted by Gasteiger charge is -2.07. The molecule has 0 spiro atoms. The molecule has 2 rings (SSSR count). The Morgan fingerprint density at radius 3 is 2.60 bits per heavy atom. The standard InChI is InChI=1S/C17H18FNO/c1-12-4-3-5-14(10-12)8-9-19-17(20)15-11-13(2)6-7-16(15)18/h3-7,10-11H,8-9H2,1-2H3,(H,19,20). The van der Waals surface area contributed by atoms with Crippen molar-refractivity contribution in [3.63, 3.8) is 0 Å². The van der Waals surface area contributed by atoms with Crippen LogP contribution in [0.4, 0.5) is 4.39 Å². The summed E-state index contributed by atoms with van der Waals surface area (Å²) in [6.45, 7) is 4.36. The quantitative estimate of drug-likeness (QED) is 0.907. The van der Waals surface area contributed by atoms with Crippen molar-refractivity contribution < 1.29 is 9.18 Å². The Morgan fingerprint density at radius 2 is 1.85 bits per heavy atom. The Labute approximate surface area is 118 Å². The van der Waals surface area contributed by atoms with E-state index in [0.29, 0.717) is 6.54 Å². The van der Waals surface area contributed by atoms with Gasteiger partial charge in [-0.25, -0.2) is 4.39 Å². The molecule has 2 nitrogen and oxygen atoms in total. The summed E-state index contributed by atoms with van der Waals surface area (Å²) in [7, 11) is 0. The monoisotopic (exact) mass is 271 g/mol. The second-order valence-corrected chi connectivity index (χ2v) is 4.98. The zero-order chi connectivity index (χ0) is 14.5. The molecule has 0 aromatic heterocycles. The van der Waals surface area contributed by atoms with Crippen molar-refractivity contribution >= 4 is 5.91 Å². The number of nitrogens with one attached hydrogen (secondary N) is 1. The van der Waals surface area contributed by atoms with Crippen molar-refractivity contribution in [2.45, 2.75) is 20.3 Å². The van der Waals surface area contributed by atoms with Gasteiger partial charge in [-0.1, -0.05) is 41.5 Å². The molecule has 0 aliphatic heterocycles. The largest absolute Gasteiger partial charge is 0.352 e. The molecule has 1 amide bonds. The van der Waals surface area contributed by atoms with E-state index >= 15 is 0 Å². The smallest absolute Gasteiger partial charge is 0.254 e. The second-order valence-electron chi connectivity index (χ2n) is 4.98. The lowest BCUT2D eigenvalue weighted by Crippen LogP contribution is -2.26. The second kappa shape index (κ2) is 6.33. The summed E-state index contributed by atoms with van der Waals surface area (Å²) < 4.78 is 13.6. The number of hydrogen-bond acceptors (Lipinski definition) is 1. The van der Waals surface area contributed by atoms with Crippen LogP contribution in [0.1, 0.15) is 27.0 Å². The normalized spacial score (nSPS) is 10.3. The van der Waals surface area contributed by atoms with Gasteiger partial charge in [-0.3, -0.25) is 4.79 Å². The maximum Gasteiger partial charge on any atom is 0.254 e. The number of aryl methyl sites for hydroxylation is 2. The molecular formula is C17H18FNO. The van der Waals surface area contributed by atoms with Gasteiger partial charge in [0.15, 0.2) is 0 Å². The third kappa shape index (κ3) is 3.67. The summed E-state index contributed by atoms with van der Waals surface area (Å²) in [4.78, 5) is 11.9. The third-order valence-electron chi connectivity index (χ3n) is 3.15. The average molecular weight is 271 g/mol. The van der Waals surface area contributed by atoms with E-state index in [-0.39, 0.29) is 11.5 Å². The number of hydrogen-bond donors (Lipinski definition) is 1. The van der Waals surface area contributed by atoms with Crippen LogP contribution in [0.2, 0.25) is 0 Å².